The van der Waals surface area contributed by atoms with Crippen molar-refractivity contribution in [3.8, 4) is 0 Å². The molecule has 0 bridgehead atoms. The molecule has 0 aliphatic carbocycles. The number of para-hydroxylation sites is 1. The SMILES string of the molecule is CN(C(=O)c1ccccc1C(=O)OC(C(=O)N1CCOCC1)c1ccccc1)c1ccccc1. The van der Waals surface area contributed by atoms with Gasteiger partial charge in [0.2, 0.25) is 6.10 Å². The number of carbonyl (C=O) groups is 3. The van der Waals surface area contributed by atoms with Gasteiger partial charge in [0.25, 0.3) is 11.8 Å². The summed E-state index contributed by atoms with van der Waals surface area (Å²) in [5, 5.41) is 0. The number of ether oxygens (including phenoxy) is 2. The minimum absolute atomic E-state index is 0.103. The second-order valence-corrected chi connectivity index (χ2v) is 7.88. The summed E-state index contributed by atoms with van der Waals surface area (Å²) in [5.41, 5.74) is 1.56. The number of nitrogens with zero attached hydrogens (tertiary/aromatic N) is 2. The third-order valence-electron chi connectivity index (χ3n) is 5.70. The summed E-state index contributed by atoms with van der Waals surface area (Å²) in [6, 6.07) is 24.5. The van der Waals surface area contributed by atoms with Gasteiger partial charge < -0.3 is 19.3 Å². The van der Waals surface area contributed by atoms with E-state index in [2.05, 4.69) is 0 Å². The van der Waals surface area contributed by atoms with Crippen LogP contribution in [0.3, 0.4) is 0 Å². The van der Waals surface area contributed by atoms with Gasteiger partial charge in [-0.15, -0.1) is 0 Å². The Balaban J connectivity index is 1.61. The van der Waals surface area contributed by atoms with Crippen molar-refractivity contribution in [1.29, 1.82) is 0 Å². The first-order chi connectivity index (χ1) is 16.6. The van der Waals surface area contributed by atoms with E-state index in [0.29, 0.717) is 37.6 Å². The van der Waals surface area contributed by atoms with Gasteiger partial charge in [-0.1, -0.05) is 60.7 Å². The highest BCUT2D eigenvalue weighted by molar-refractivity contribution is 6.12. The predicted octanol–water partition coefficient (Wildman–Crippen LogP) is 3.72. The van der Waals surface area contributed by atoms with Crippen molar-refractivity contribution in [3.63, 3.8) is 0 Å². The standard InChI is InChI=1S/C27H26N2O5/c1-28(21-12-6-3-7-13-21)25(30)22-14-8-9-15-23(22)27(32)34-24(20-10-4-2-5-11-20)26(31)29-16-18-33-19-17-29/h2-15,24H,16-19H2,1H3. The molecule has 0 aromatic heterocycles. The van der Waals surface area contributed by atoms with Crippen LogP contribution in [0.1, 0.15) is 32.4 Å². The molecule has 1 aliphatic rings. The highest BCUT2D eigenvalue weighted by Gasteiger charge is 2.32. The molecule has 34 heavy (non-hydrogen) atoms. The molecule has 0 spiro atoms. The number of anilines is 1. The van der Waals surface area contributed by atoms with Crippen LogP contribution in [0.2, 0.25) is 0 Å². The largest absolute Gasteiger partial charge is 0.444 e. The normalized spacial score (nSPS) is 14.2. The third-order valence-corrected chi connectivity index (χ3v) is 5.70. The fourth-order valence-corrected chi connectivity index (χ4v) is 3.81. The minimum Gasteiger partial charge on any atom is -0.444 e. The van der Waals surface area contributed by atoms with E-state index in [4.69, 9.17) is 9.47 Å². The number of esters is 1. The van der Waals surface area contributed by atoms with Crippen molar-refractivity contribution < 1.29 is 23.9 Å². The summed E-state index contributed by atoms with van der Waals surface area (Å²) in [4.78, 5) is 42.9. The van der Waals surface area contributed by atoms with E-state index in [1.54, 1.807) is 54.4 Å². The highest BCUT2D eigenvalue weighted by atomic mass is 16.5. The second kappa shape index (κ2) is 10.8. The summed E-state index contributed by atoms with van der Waals surface area (Å²) < 4.78 is 11.1. The second-order valence-electron chi connectivity index (χ2n) is 7.88. The molecule has 0 radical (unpaired) electrons. The molecule has 1 atom stereocenters. The van der Waals surface area contributed by atoms with Crippen molar-refractivity contribution >= 4 is 23.5 Å². The smallest absolute Gasteiger partial charge is 0.340 e. The topological polar surface area (TPSA) is 76.2 Å². The Kier molecular flexibility index (Phi) is 7.34. The molecule has 1 saturated heterocycles. The van der Waals surface area contributed by atoms with E-state index >= 15 is 0 Å². The quantitative estimate of drug-likeness (QED) is 0.527. The molecule has 1 fully saturated rings. The van der Waals surface area contributed by atoms with Crippen LogP contribution in [0.15, 0.2) is 84.9 Å². The van der Waals surface area contributed by atoms with Crippen LogP contribution < -0.4 is 4.90 Å². The van der Waals surface area contributed by atoms with Gasteiger partial charge in [0.1, 0.15) is 0 Å². The maximum absolute atomic E-state index is 13.3. The van der Waals surface area contributed by atoms with Gasteiger partial charge in [0.15, 0.2) is 0 Å². The summed E-state index contributed by atoms with van der Waals surface area (Å²) in [6.07, 6.45) is -1.12. The molecule has 2 amide bonds. The molecule has 1 unspecified atom stereocenters. The number of hydrogen-bond donors (Lipinski definition) is 0. The van der Waals surface area contributed by atoms with Gasteiger partial charge in [-0.05, 0) is 24.3 Å². The fourth-order valence-electron chi connectivity index (χ4n) is 3.81. The molecule has 7 heteroatoms. The molecular formula is C27H26N2O5. The number of rotatable bonds is 6. The Labute approximate surface area is 198 Å². The lowest BCUT2D eigenvalue weighted by Gasteiger charge is -2.30. The maximum Gasteiger partial charge on any atom is 0.340 e. The zero-order valence-electron chi connectivity index (χ0n) is 18.9. The van der Waals surface area contributed by atoms with Gasteiger partial charge in [-0.3, -0.25) is 9.59 Å². The van der Waals surface area contributed by atoms with E-state index in [1.165, 1.54) is 11.0 Å². The van der Waals surface area contributed by atoms with E-state index in [1.807, 2.05) is 36.4 Å². The monoisotopic (exact) mass is 458 g/mol. The molecule has 0 saturated carbocycles. The van der Waals surface area contributed by atoms with E-state index < -0.39 is 12.1 Å². The first-order valence-electron chi connectivity index (χ1n) is 11.1. The van der Waals surface area contributed by atoms with E-state index in [-0.39, 0.29) is 22.9 Å². The molecule has 174 valence electrons. The van der Waals surface area contributed by atoms with Gasteiger partial charge >= 0.3 is 5.97 Å². The lowest BCUT2D eigenvalue weighted by atomic mass is 10.0. The highest BCUT2D eigenvalue weighted by Crippen LogP contribution is 2.25. The maximum atomic E-state index is 13.3. The lowest BCUT2D eigenvalue weighted by Crippen LogP contribution is -2.44. The van der Waals surface area contributed by atoms with Crippen LogP contribution in [0.4, 0.5) is 5.69 Å². The molecule has 3 aromatic rings. The summed E-state index contributed by atoms with van der Waals surface area (Å²) in [5.74, 6) is -1.40. The Hall–Kier alpha value is -3.97. The van der Waals surface area contributed by atoms with Crippen molar-refractivity contribution in [3.05, 3.63) is 102 Å². The van der Waals surface area contributed by atoms with E-state index in [0.717, 1.165) is 0 Å². The number of hydrogen-bond acceptors (Lipinski definition) is 5. The Morgan fingerprint density at radius 1 is 0.824 bits per heavy atom. The molecular weight excluding hydrogens is 432 g/mol. The molecule has 3 aromatic carbocycles. The van der Waals surface area contributed by atoms with Crippen LogP contribution in [0.25, 0.3) is 0 Å². The summed E-state index contributed by atoms with van der Waals surface area (Å²) in [6.45, 7) is 1.72. The molecule has 0 N–H and O–H groups in total. The number of amides is 2. The molecule has 4 rings (SSSR count). The lowest BCUT2D eigenvalue weighted by molar-refractivity contribution is -0.145. The molecule has 7 nitrogen and oxygen atoms in total. The number of carbonyl (C=O) groups excluding carboxylic acids is 3. The third kappa shape index (κ3) is 5.15. The van der Waals surface area contributed by atoms with Crippen LogP contribution >= 0.6 is 0 Å². The van der Waals surface area contributed by atoms with Gasteiger partial charge in [-0.25, -0.2) is 4.79 Å². The van der Waals surface area contributed by atoms with Crippen molar-refractivity contribution in [1.82, 2.24) is 4.90 Å². The van der Waals surface area contributed by atoms with Crippen LogP contribution in [0.5, 0.6) is 0 Å². The summed E-state index contributed by atoms with van der Waals surface area (Å²) in [7, 11) is 1.65. The first kappa shape index (κ1) is 23.2. The average Bonchev–Trinajstić information content (AvgIpc) is 2.92. The molecule has 1 heterocycles. The van der Waals surface area contributed by atoms with Crippen molar-refractivity contribution in [2.75, 3.05) is 38.3 Å². The Morgan fingerprint density at radius 3 is 2.03 bits per heavy atom. The van der Waals surface area contributed by atoms with Crippen LogP contribution in [-0.4, -0.2) is 56.0 Å². The van der Waals surface area contributed by atoms with Crippen molar-refractivity contribution in [2.45, 2.75) is 6.10 Å². The average molecular weight is 459 g/mol. The predicted molar refractivity (Wildman–Crippen MR) is 128 cm³/mol. The summed E-state index contributed by atoms with van der Waals surface area (Å²) >= 11 is 0. The van der Waals surface area contributed by atoms with Gasteiger partial charge in [0.05, 0.1) is 24.3 Å². The molecule has 1 aliphatic heterocycles. The number of benzene rings is 3. The van der Waals surface area contributed by atoms with Gasteiger partial charge in [0, 0.05) is 31.4 Å². The van der Waals surface area contributed by atoms with Crippen LogP contribution in [-0.2, 0) is 14.3 Å². The minimum atomic E-state index is -1.12. The Morgan fingerprint density at radius 2 is 1.38 bits per heavy atom. The van der Waals surface area contributed by atoms with Crippen LogP contribution in [0, 0.1) is 0 Å². The fraction of sp³-hybridized carbons (Fsp3) is 0.222. The first-order valence-corrected chi connectivity index (χ1v) is 11.1. The Bertz CT molecular complexity index is 1140. The zero-order valence-corrected chi connectivity index (χ0v) is 18.9. The van der Waals surface area contributed by atoms with Crippen molar-refractivity contribution in [2.24, 2.45) is 0 Å². The van der Waals surface area contributed by atoms with Gasteiger partial charge in [-0.2, -0.15) is 0 Å². The van der Waals surface area contributed by atoms with E-state index in [9.17, 15) is 14.4 Å². The number of morpholine rings is 1. The zero-order chi connectivity index (χ0) is 23.9.